The summed E-state index contributed by atoms with van der Waals surface area (Å²) in [4.78, 5) is 24.3. The lowest BCUT2D eigenvalue weighted by atomic mass is 9.96. The first-order valence-electron chi connectivity index (χ1n) is 9.84. The summed E-state index contributed by atoms with van der Waals surface area (Å²) in [7, 11) is 0. The van der Waals surface area contributed by atoms with Crippen LogP contribution < -0.4 is 10.6 Å². The van der Waals surface area contributed by atoms with Gasteiger partial charge in [-0.2, -0.15) is 0 Å². The molecule has 2 aromatic carbocycles. The molecule has 0 saturated heterocycles. The van der Waals surface area contributed by atoms with E-state index in [1.54, 1.807) is 18.2 Å². The smallest absolute Gasteiger partial charge is 0.256 e. The van der Waals surface area contributed by atoms with E-state index in [9.17, 15) is 14.0 Å². The highest BCUT2D eigenvalue weighted by molar-refractivity contribution is 6.01. The molecule has 0 bridgehead atoms. The van der Waals surface area contributed by atoms with E-state index in [2.05, 4.69) is 16.7 Å². The third-order valence-electron chi connectivity index (χ3n) is 5.47. The fraction of sp³-hybridized carbons (Fsp3) is 0.250. The van der Waals surface area contributed by atoms with Crippen LogP contribution in [0, 0.1) is 5.82 Å². The Morgan fingerprint density at radius 2 is 1.76 bits per heavy atom. The van der Waals surface area contributed by atoms with Crippen LogP contribution >= 0.6 is 0 Å². The minimum Gasteiger partial charge on any atom is -0.353 e. The normalized spacial score (nSPS) is 18.1. The monoisotopic (exact) mass is 390 g/mol. The van der Waals surface area contributed by atoms with Crippen molar-refractivity contribution >= 4 is 11.8 Å². The highest BCUT2D eigenvalue weighted by Crippen LogP contribution is 2.35. The lowest BCUT2D eigenvalue weighted by molar-refractivity contribution is -0.119. The van der Waals surface area contributed by atoms with Gasteiger partial charge in [-0.25, -0.2) is 4.39 Å². The van der Waals surface area contributed by atoms with Gasteiger partial charge in [0.15, 0.2) is 0 Å². The van der Waals surface area contributed by atoms with Gasteiger partial charge in [-0.3, -0.25) is 9.59 Å². The molecule has 1 unspecified atom stereocenters. The number of benzene rings is 2. The van der Waals surface area contributed by atoms with Crippen LogP contribution in [0.5, 0.6) is 0 Å². The van der Waals surface area contributed by atoms with Gasteiger partial charge in [-0.1, -0.05) is 35.9 Å². The Morgan fingerprint density at radius 1 is 1.00 bits per heavy atom. The molecule has 0 aliphatic heterocycles. The van der Waals surface area contributed by atoms with Crippen molar-refractivity contribution in [2.45, 2.75) is 38.6 Å². The zero-order valence-corrected chi connectivity index (χ0v) is 16.3. The van der Waals surface area contributed by atoms with E-state index in [0.29, 0.717) is 5.56 Å². The minimum absolute atomic E-state index is 0.00949. The van der Waals surface area contributed by atoms with E-state index in [1.807, 2.05) is 18.2 Å². The number of carbonyl (C=O) groups excluding carboxylic acids is 2. The first-order valence-corrected chi connectivity index (χ1v) is 9.84. The first kappa shape index (κ1) is 19.1. The van der Waals surface area contributed by atoms with Gasteiger partial charge < -0.3 is 10.6 Å². The summed E-state index contributed by atoms with van der Waals surface area (Å²) < 4.78 is 13.3. The second kappa shape index (κ2) is 8.03. The SMILES string of the molecule is CC(=O)NC1CC2=C(CCC(NC(=O)c3ccccc3-c3ccc(F)cc3)=C2)C1. The van der Waals surface area contributed by atoms with Gasteiger partial charge in [0, 0.05) is 24.2 Å². The number of carbonyl (C=O) groups is 2. The molecule has 0 heterocycles. The number of hydrogen-bond acceptors (Lipinski definition) is 2. The molecule has 2 N–H and O–H groups in total. The third-order valence-corrected chi connectivity index (χ3v) is 5.47. The summed E-state index contributed by atoms with van der Waals surface area (Å²) in [5, 5.41) is 6.04. The predicted molar refractivity (Wildman–Crippen MR) is 110 cm³/mol. The van der Waals surface area contributed by atoms with E-state index in [-0.39, 0.29) is 23.7 Å². The highest BCUT2D eigenvalue weighted by atomic mass is 19.1. The van der Waals surface area contributed by atoms with Crippen LogP contribution in [0.15, 0.2) is 71.5 Å². The van der Waals surface area contributed by atoms with E-state index in [4.69, 9.17) is 0 Å². The van der Waals surface area contributed by atoms with Crippen molar-refractivity contribution in [3.05, 3.63) is 82.8 Å². The van der Waals surface area contributed by atoms with Gasteiger partial charge in [0.1, 0.15) is 5.82 Å². The zero-order valence-electron chi connectivity index (χ0n) is 16.3. The molecule has 0 saturated carbocycles. The van der Waals surface area contributed by atoms with E-state index >= 15 is 0 Å². The summed E-state index contributed by atoms with van der Waals surface area (Å²) in [6.45, 7) is 1.54. The van der Waals surface area contributed by atoms with Gasteiger partial charge in [0.2, 0.25) is 5.91 Å². The quantitative estimate of drug-likeness (QED) is 0.808. The van der Waals surface area contributed by atoms with Crippen molar-refractivity contribution in [1.82, 2.24) is 10.6 Å². The molecule has 29 heavy (non-hydrogen) atoms. The van der Waals surface area contributed by atoms with Crippen molar-refractivity contribution in [3.8, 4) is 11.1 Å². The van der Waals surface area contributed by atoms with Crippen LogP contribution in [0.4, 0.5) is 4.39 Å². The van der Waals surface area contributed by atoms with E-state index in [1.165, 1.54) is 30.2 Å². The number of hydrogen-bond donors (Lipinski definition) is 2. The number of allylic oxidation sites excluding steroid dienone is 2. The Morgan fingerprint density at radius 3 is 2.52 bits per heavy atom. The van der Waals surface area contributed by atoms with E-state index in [0.717, 1.165) is 42.5 Å². The Bertz CT molecular complexity index is 1020. The lowest BCUT2D eigenvalue weighted by Crippen LogP contribution is -2.31. The molecule has 2 aromatic rings. The lowest BCUT2D eigenvalue weighted by Gasteiger charge is -2.17. The first-order chi connectivity index (χ1) is 14.0. The fourth-order valence-corrected chi connectivity index (χ4v) is 4.17. The summed E-state index contributed by atoms with van der Waals surface area (Å²) in [6.07, 6.45) is 5.42. The Kier molecular flexibility index (Phi) is 5.30. The van der Waals surface area contributed by atoms with Gasteiger partial charge in [0.25, 0.3) is 5.91 Å². The standard InChI is InChI=1S/C24H23FN2O2/c1-15(28)26-21-12-17-8-11-20(13-18(17)14-21)27-24(29)23-5-3-2-4-22(23)16-6-9-19(25)10-7-16/h2-7,9-10,13,21H,8,11-12,14H2,1H3,(H,26,28)(H,27,29). The van der Waals surface area contributed by atoms with Crippen LogP contribution in [0.1, 0.15) is 43.0 Å². The number of amides is 2. The zero-order chi connectivity index (χ0) is 20.4. The molecule has 4 nitrogen and oxygen atoms in total. The molecule has 4 rings (SSSR count). The van der Waals surface area contributed by atoms with Crippen molar-refractivity contribution in [2.75, 3.05) is 0 Å². The number of nitrogens with one attached hydrogen (secondary N) is 2. The molecular formula is C24H23FN2O2. The van der Waals surface area contributed by atoms with Crippen LogP contribution in [0.3, 0.4) is 0 Å². The van der Waals surface area contributed by atoms with Gasteiger partial charge in [0.05, 0.1) is 0 Å². The largest absolute Gasteiger partial charge is 0.353 e. The minimum atomic E-state index is -0.304. The summed E-state index contributed by atoms with van der Waals surface area (Å²) in [6, 6.07) is 13.7. The molecule has 2 amide bonds. The average molecular weight is 390 g/mol. The third kappa shape index (κ3) is 4.29. The van der Waals surface area contributed by atoms with Crippen molar-refractivity contribution in [3.63, 3.8) is 0 Å². The fourth-order valence-electron chi connectivity index (χ4n) is 4.17. The molecule has 0 aromatic heterocycles. The van der Waals surface area contributed by atoms with Crippen LogP contribution in [0.2, 0.25) is 0 Å². The molecule has 5 heteroatoms. The average Bonchev–Trinajstić information content (AvgIpc) is 3.09. The highest BCUT2D eigenvalue weighted by Gasteiger charge is 2.26. The van der Waals surface area contributed by atoms with Gasteiger partial charge in [-0.15, -0.1) is 0 Å². The summed E-state index contributed by atoms with van der Waals surface area (Å²) in [5.74, 6) is -0.484. The van der Waals surface area contributed by atoms with Gasteiger partial charge >= 0.3 is 0 Å². The van der Waals surface area contributed by atoms with Crippen molar-refractivity contribution in [1.29, 1.82) is 0 Å². The summed E-state index contributed by atoms with van der Waals surface area (Å²) >= 11 is 0. The molecule has 0 spiro atoms. The Labute approximate surface area is 169 Å². The molecule has 1 atom stereocenters. The molecule has 148 valence electrons. The molecule has 0 fully saturated rings. The maximum Gasteiger partial charge on any atom is 0.256 e. The maximum atomic E-state index is 13.3. The molecule has 2 aliphatic rings. The molecule has 0 radical (unpaired) electrons. The maximum absolute atomic E-state index is 13.3. The molecular weight excluding hydrogens is 367 g/mol. The van der Waals surface area contributed by atoms with Crippen LogP contribution in [-0.4, -0.2) is 17.9 Å². The number of halogens is 1. The Balaban J connectivity index is 1.51. The molecule has 2 aliphatic carbocycles. The summed E-state index contributed by atoms with van der Waals surface area (Å²) in [5.41, 5.74) is 5.61. The topological polar surface area (TPSA) is 58.2 Å². The second-order valence-corrected chi connectivity index (χ2v) is 7.61. The second-order valence-electron chi connectivity index (χ2n) is 7.61. The van der Waals surface area contributed by atoms with Gasteiger partial charge in [-0.05, 0) is 66.7 Å². The number of rotatable bonds is 4. The van der Waals surface area contributed by atoms with Crippen molar-refractivity contribution in [2.24, 2.45) is 0 Å². The predicted octanol–water partition coefficient (Wildman–Crippen LogP) is 4.50. The van der Waals surface area contributed by atoms with E-state index < -0.39 is 0 Å². The van der Waals surface area contributed by atoms with Crippen LogP contribution in [0.25, 0.3) is 11.1 Å². The van der Waals surface area contributed by atoms with Crippen molar-refractivity contribution < 1.29 is 14.0 Å². The Hall–Kier alpha value is -3.21. The van der Waals surface area contributed by atoms with Crippen LogP contribution in [-0.2, 0) is 4.79 Å².